The van der Waals surface area contributed by atoms with Gasteiger partial charge in [-0.3, -0.25) is 9.78 Å². The number of halogens is 1. The first-order valence-corrected chi connectivity index (χ1v) is 6.48. The number of nitrogens with zero attached hydrogens (tertiary/aromatic N) is 1. The Morgan fingerprint density at radius 3 is 2.67 bits per heavy atom. The Labute approximate surface area is 119 Å². The lowest BCUT2D eigenvalue weighted by molar-refractivity contribution is 0.104. The summed E-state index contributed by atoms with van der Waals surface area (Å²) in [5.74, 6) is -0.117. The molecular formula is C14H11IN2O. The molecule has 0 aliphatic rings. The van der Waals surface area contributed by atoms with Crippen LogP contribution in [0.1, 0.15) is 10.5 Å². The van der Waals surface area contributed by atoms with E-state index in [4.69, 9.17) is 0 Å². The topological polar surface area (TPSA) is 42.0 Å². The highest BCUT2D eigenvalue weighted by atomic mass is 127. The highest BCUT2D eigenvalue weighted by molar-refractivity contribution is 14.1. The van der Waals surface area contributed by atoms with E-state index < -0.39 is 0 Å². The molecule has 0 radical (unpaired) electrons. The van der Waals surface area contributed by atoms with E-state index >= 15 is 0 Å². The van der Waals surface area contributed by atoms with Gasteiger partial charge in [0.2, 0.25) is 5.78 Å². The third-order valence-electron chi connectivity index (χ3n) is 2.26. The summed E-state index contributed by atoms with van der Waals surface area (Å²) in [7, 11) is 0. The van der Waals surface area contributed by atoms with E-state index in [1.165, 1.54) is 6.08 Å². The number of anilines is 1. The van der Waals surface area contributed by atoms with Gasteiger partial charge in [0.1, 0.15) is 5.69 Å². The fraction of sp³-hybridized carbons (Fsp3) is 0. The van der Waals surface area contributed by atoms with Crippen molar-refractivity contribution in [1.82, 2.24) is 4.98 Å². The molecule has 0 fully saturated rings. The molecule has 3 nitrogen and oxygen atoms in total. The summed E-state index contributed by atoms with van der Waals surface area (Å²) >= 11 is 2.24. The van der Waals surface area contributed by atoms with E-state index in [0.29, 0.717) is 5.69 Å². The molecule has 1 N–H and O–H groups in total. The maximum atomic E-state index is 11.7. The molecule has 1 heterocycles. The number of benzene rings is 1. The minimum absolute atomic E-state index is 0.117. The molecule has 2 aromatic rings. The number of carbonyl (C=O) groups excluding carboxylic acids is 1. The monoisotopic (exact) mass is 350 g/mol. The number of ketones is 1. The highest BCUT2D eigenvalue weighted by Crippen LogP contribution is 2.16. The fourth-order valence-electron chi connectivity index (χ4n) is 1.38. The number of para-hydroxylation sites is 1. The Kier molecular flexibility index (Phi) is 4.46. The van der Waals surface area contributed by atoms with Gasteiger partial charge in [-0.05, 0) is 46.9 Å². The standard InChI is InChI=1S/C14H11IN2O/c15-11-5-1-2-6-12(11)17-10-8-14(18)13-7-3-4-9-16-13/h1-10,17H/b10-8+. The molecule has 0 saturated carbocycles. The zero-order chi connectivity index (χ0) is 12.8. The normalized spacial score (nSPS) is 10.5. The summed E-state index contributed by atoms with van der Waals surface area (Å²) < 4.78 is 1.10. The van der Waals surface area contributed by atoms with Gasteiger partial charge in [0, 0.05) is 22.0 Å². The predicted octanol–water partition coefficient (Wildman–Crippen LogP) is 3.49. The summed E-state index contributed by atoms with van der Waals surface area (Å²) in [6.07, 6.45) is 4.72. The number of carbonyl (C=O) groups is 1. The molecule has 2 rings (SSSR count). The largest absolute Gasteiger partial charge is 0.361 e. The lowest BCUT2D eigenvalue weighted by Gasteiger charge is -2.02. The van der Waals surface area contributed by atoms with Gasteiger partial charge in [-0.25, -0.2) is 0 Å². The highest BCUT2D eigenvalue weighted by Gasteiger charge is 2.01. The van der Waals surface area contributed by atoms with Crippen molar-refractivity contribution < 1.29 is 4.79 Å². The number of hydrogen-bond donors (Lipinski definition) is 1. The summed E-state index contributed by atoms with van der Waals surface area (Å²) in [6, 6.07) is 13.1. The third-order valence-corrected chi connectivity index (χ3v) is 3.21. The van der Waals surface area contributed by atoms with E-state index in [2.05, 4.69) is 32.9 Å². The molecule has 0 unspecified atom stereocenters. The van der Waals surface area contributed by atoms with Gasteiger partial charge in [0.15, 0.2) is 0 Å². The molecule has 0 atom stereocenters. The van der Waals surface area contributed by atoms with Crippen molar-refractivity contribution in [3.63, 3.8) is 0 Å². The van der Waals surface area contributed by atoms with Crippen LogP contribution in [0.15, 0.2) is 60.9 Å². The van der Waals surface area contributed by atoms with Crippen molar-refractivity contribution in [3.05, 3.63) is 70.2 Å². The van der Waals surface area contributed by atoms with E-state index in [0.717, 1.165) is 9.26 Å². The SMILES string of the molecule is O=C(/C=C/Nc1ccccc1I)c1ccccn1. The molecule has 0 aliphatic heterocycles. The summed E-state index contributed by atoms with van der Waals surface area (Å²) in [5.41, 5.74) is 1.42. The van der Waals surface area contributed by atoms with Gasteiger partial charge in [-0.2, -0.15) is 0 Å². The first-order chi connectivity index (χ1) is 8.77. The van der Waals surface area contributed by atoms with Crippen molar-refractivity contribution >= 4 is 34.1 Å². The van der Waals surface area contributed by atoms with Crippen LogP contribution in [0.4, 0.5) is 5.69 Å². The summed E-state index contributed by atoms with van der Waals surface area (Å²) in [6.45, 7) is 0. The molecular weight excluding hydrogens is 339 g/mol. The second kappa shape index (κ2) is 6.30. The minimum atomic E-state index is -0.117. The van der Waals surface area contributed by atoms with Gasteiger partial charge >= 0.3 is 0 Å². The lowest BCUT2D eigenvalue weighted by atomic mass is 10.2. The molecule has 4 heteroatoms. The molecule has 18 heavy (non-hydrogen) atoms. The molecule has 1 aromatic carbocycles. The number of aromatic nitrogens is 1. The van der Waals surface area contributed by atoms with Gasteiger partial charge in [0.25, 0.3) is 0 Å². The first-order valence-electron chi connectivity index (χ1n) is 5.40. The van der Waals surface area contributed by atoms with Crippen molar-refractivity contribution in [1.29, 1.82) is 0 Å². The van der Waals surface area contributed by atoms with Crippen LogP contribution in [0.3, 0.4) is 0 Å². The van der Waals surface area contributed by atoms with Crippen molar-refractivity contribution in [2.24, 2.45) is 0 Å². The summed E-state index contributed by atoms with van der Waals surface area (Å²) in [5, 5.41) is 3.08. The van der Waals surface area contributed by atoms with Crippen LogP contribution in [-0.2, 0) is 0 Å². The van der Waals surface area contributed by atoms with Crippen LogP contribution < -0.4 is 5.32 Å². The van der Waals surface area contributed by atoms with Crippen LogP contribution in [0, 0.1) is 3.57 Å². The van der Waals surface area contributed by atoms with Gasteiger partial charge in [-0.1, -0.05) is 18.2 Å². The molecule has 0 amide bonds. The smallest absolute Gasteiger partial charge is 0.205 e. The van der Waals surface area contributed by atoms with Crippen LogP contribution >= 0.6 is 22.6 Å². The van der Waals surface area contributed by atoms with Crippen LogP contribution in [0.2, 0.25) is 0 Å². The average molecular weight is 350 g/mol. The van der Waals surface area contributed by atoms with Crippen LogP contribution in [0.5, 0.6) is 0 Å². The van der Waals surface area contributed by atoms with Gasteiger partial charge < -0.3 is 5.32 Å². The van der Waals surface area contributed by atoms with E-state index in [9.17, 15) is 4.79 Å². The predicted molar refractivity (Wildman–Crippen MR) is 80.5 cm³/mol. The van der Waals surface area contributed by atoms with Gasteiger partial charge in [-0.15, -0.1) is 0 Å². The maximum Gasteiger partial charge on any atom is 0.205 e. The number of nitrogens with one attached hydrogen (secondary N) is 1. The Bertz CT molecular complexity index is 567. The maximum absolute atomic E-state index is 11.7. The second-order valence-electron chi connectivity index (χ2n) is 3.54. The molecule has 0 saturated heterocycles. The number of rotatable bonds is 4. The minimum Gasteiger partial charge on any atom is -0.361 e. The quantitative estimate of drug-likeness (QED) is 0.521. The molecule has 0 bridgehead atoms. The molecule has 90 valence electrons. The number of pyridine rings is 1. The van der Waals surface area contributed by atoms with Crippen molar-refractivity contribution in [2.45, 2.75) is 0 Å². The number of hydrogen-bond acceptors (Lipinski definition) is 3. The third kappa shape index (κ3) is 3.40. The van der Waals surface area contributed by atoms with Crippen LogP contribution in [0.25, 0.3) is 0 Å². The second-order valence-corrected chi connectivity index (χ2v) is 4.70. The first kappa shape index (κ1) is 12.8. The average Bonchev–Trinajstić information content (AvgIpc) is 2.42. The molecule has 1 aromatic heterocycles. The van der Waals surface area contributed by atoms with Crippen molar-refractivity contribution in [2.75, 3.05) is 5.32 Å². The summed E-state index contributed by atoms with van der Waals surface area (Å²) in [4.78, 5) is 15.7. The van der Waals surface area contributed by atoms with Gasteiger partial charge in [0.05, 0.1) is 5.69 Å². The van der Waals surface area contributed by atoms with E-state index in [1.807, 2.05) is 24.3 Å². The molecule has 0 aliphatic carbocycles. The van der Waals surface area contributed by atoms with Crippen LogP contribution in [-0.4, -0.2) is 10.8 Å². The fourth-order valence-corrected chi connectivity index (χ4v) is 1.92. The van der Waals surface area contributed by atoms with Crippen molar-refractivity contribution in [3.8, 4) is 0 Å². The van der Waals surface area contributed by atoms with E-state index in [1.54, 1.807) is 30.6 Å². The Hall–Kier alpha value is -1.69. The lowest BCUT2D eigenvalue weighted by Crippen LogP contribution is -1.99. The Morgan fingerprint density at radius 2 is 1.94 bits per heavy atom. The molecule has 0 spiro atoms. The van der Waals surface area contributed by atoms with E-state index in [-0.39, 0.29) is 5.78 Å². The Balaban J connectivity index is 2.01. The zero-order valence-electron chi connectivity index (χ0n) is 9.51. The zero-order valence-corrected chi connectivity index (χ0v) is 11.7. The Morgan fingerprint density at radius 1 is 1.17 bits per heavy atom. The number of allylic oxidation sites excluding steroid dienone is 1.